The Bertz CT molecular complexity index is 109. The fraction of sp³-hybridized carbons (Fsp3) is 1.00. The van der Waals surface area contributed by atoms with Crippen molar-refractivity contribution in [1.82, 2.24) is 0 Å². The predicted octanol–water partition coefficient (Wildman–Crippen LogP) is -2.61. The highest BCUT2D eigenvalue weighted by atomic mass is 19.1. The first-order valence-electron chi connectivity index (χ1n) is 3.44. The van der Waals surface area contributed by atoms with Crippen LogP contribution in [0.4, 0.5) is 4.39 Å². The smallest absolute Gasteiger partial charge is 0.151 e. The second kappa shape index (κ2) is 5.39. The van der Waals surface area contributed by atoms with E-state index in [1.165, 1.54) is 0 Å². The van der Waals surface area contributed by atoms with Crippen LogP contribution in [0.15, 0.2) is 0 Å². The molecule has 0 aromatic heterocycles. The lowest BCUT2D eigenvalue weighted by Gasteiger charge is -2.22. The Morgan fingerprint density at radius 3 is 1.75 bits per heavy atom. The number of hydrogen-bond donors (Lipinski definition) is 5. The van der Waals surface area contributed by atoms with Gasteiger partial charge in [0.25, 0.3) is 0 Å². The van der Waals surface area contributed by atoms with Gasteiger partial charge in [-0.15, -0.1) is 0 Å². The standard InChI is InChI=1S/C6H13FO5/c7-3(1-8)5(11)6(12)4(10)2-9/h3-6,8-12H,1-2H2. The molecular weight excluding hydrogens is 171 g/mol. The molecule has 0 saturated heterocycles. The zero-order valence-electron chi connectivity index (χ0n) is 6.34. The fourth-order valence-corrected chi connectivity index (χ4v) is 0.658. The third-order valence-electron chi connectivity index (χ3n) is 1.48. The van der Waals surface area contributed by atoms with E-state index in [0.29, 0.717) is 0 Å². The highest BCUT2D eigenvalue weighted by Crippen LogP contribution is 2.07. The van der Waals surface area contributed by atoms with Gasteiger partial charge in [0.2, 0.25) is 0 Å². The average Bonchev–Trinajstić information content (AvgIpc) is 2.12. The topological polar surface area (TPSA) is 101 Å². The molecule has 0 aliphatic carbocycles. The predicted molar refractivity (Wildman–Crippen MR) is 37.1 cm³/mol. The first-order chi connectivity index (χ1) is 5.54. The van der Waals surface area contributed by atoms with E-state index in [9.17, 15) is 4.39 Å². The molecule has 6 heteroatoms. The third kappa shape index (κ3) is 3.00. The van der Waals surface area contributed by atoms with Crippen LogP contribution in [0.25, 0.3) is 0 Å². The van der Waals surface area contributed by atoms with E-state index in [-0.39, 0.29) is 0 Å². The first kappa shape index (κ1) is 11.7. The van der Waals surface area contributed by atoms with Gasteiger partial charge in [0, 0.05) is 0 Å². The Kier molecular flexibility index (Phi) is 5.27. The van der Waals surface area contributed by atoms with Crippen LogP contribution in [0.2, 0.25) is 0 Å². The Morgan fingerprint density at radius 2 is 1.42 bits per heavy atom. The summed E-state index contributed by atoms with van der Waals surface area (Å²) in [4.78, 5) is 0. The van der Waals surface area contributed by atoms with Gasteiger partial charge < -0.3 is 25.5 Å². The van der Waals surface area contributed by atoms with E-state index in [4.69, 9.17) is 25.5 Å². The zero-order valence-corrected chi connectivity index (χ0v) is 6.34. The lowest BCUT2D eigenvalue weighted by Crippen LogP contribution is -2.45. The van der Waals surface area contributed by atoms with E-state index < -0.39 is 37.7 Å². The lowest BCUT2D eigenvalue weighted by molar-refractivity contribution is -0.106. The summed E-state index contributed by atoms with van der Waals surface area (Å²) in [5, 5.41) is 43.0. The summed E-state index contributed by atoms with van der Waals surface area (Å²) in [6.07, 6.45) is -7.32. The maximum atomic E-state index is 12.4. The Morgan fingerprint density at radius 1 is 0.917 bits per heavy atom. The fourth-order valence-electron chi connectivity index (χ4n) is 0.658. The van der Waals surface area contributed by atoms with Gasteiger partial charge in [-0.2, -0.15) is 0 Å². The van der Waals surface area contributed by atoms with E-state index in [1.807, 2.05) is 0 Å². The number of hydrogen-bond acceptors (Lipinski definition) is 5. The minimum atomic E-state index is -2.03. The van der Waals surface area contributed by atoms with Crippen molar-refractivity contribution in [2.45, 2.75) is 24.5 Å². The summed E-state index contributed by atoms with van der Waals surface area (Å²) in [5.74, 6) is 0. The van der Waals surface area contributed by atoms with Crippen LogP contribution < -0.4 is 0 Å². The molecule has 0 amide bonds. The van der Waals surface area contributed by atoms with Crippen LogP contribution in [0.5, 0.6) is 0 Å². The van der Waals surface area contributed by atoms with Crippen molar-refractivity contribution in [2.24, 2.45) is 0 Å². The third-order valence-corrected chi connectivity index (χ3v) is 1.48. The van der Waals surface area contributed by atoms with Crippen LogP contribution in [0, 0.1) is 0 Å². The molecule has 0 saturated carbocycles. The average molecular weight is 184 g/mol. The minimum Gasteiger partial charge on any atom is -0.394 e. The van der Waals surface area contributed by atoms with Gasteiger partial charge in [-0.3, -0.25) is 0 Å². The summed E-state index contributed by atoms with van der Waals surface area (Å²) in [6.45, 7) is -1.73. The van der Waals surface area contributed by atoms with Crippen molar-refractivity contribution in [3.05, 3.63) is 0 Å². The maximum Gasteiger partial charge on any atom is 0.151 e. The molecule has 4 unspecified atom stereocenters. The molecule has 12 heavy (non-hydrogen) atoms. The Labute approximate surface area is 68.7 Å². The summed E-state index contributed by atoms with van der Waals surface area (Å²) in [7, 11) is 0. The van der Waals surface area contributed by atoms with Gasteiger partial charge in [-0.05, 0) is 0 Å². The SMILES string of the molecule is OCC(O)C(O)C(O)C(F)CO. The molecule has 0 aliphatic rings. The molecule has 0 aliphatic heterocycles. The molecule has 0 radical (unpaired) electrons. The quantitative estimate of drug-likeness (QED) is 0.322. The van der Waals surface area contributed by atoms with Gasteiger partial charge in [-0.25, -0.2) is 4.39 Å². The van der Waals surface area contributed by atoms with E-state index in [2.05, 4.69) is 0 Å². The molecule has 0 spiro atoms. The van der Waals surface area contributed by atoms with Crippen molar-refractivity contribution in [3.8, 4) is 0 Å². The number of aliphatic hydroxyl groups is 5. The lowest BCUT2D eigenvalue weighted by atomic mass is 10.1. The summed E-state index contributed by atoms with van der Waals surface area (Å²) in [5.41, 5.74) is 0. The van der Waals surface area contributed by atoms with Gasteiger partial charge >= 0.3 is 0 Å². The van der Waals surface area contributed by atoms with E-state index in [1.54, 1.807) is 0 Å². The molecule has 74 valence electrons. The summed E-state index contributed by atoms with van der Waals surface area (Å²) in [6, 6.07) is 0. The first-order valence-corrected chi connectivity index (χ1v) is 3.44. The molecule has 0 bridgehead atoms. The number of aliphatic hydroxyl groups excluding tert-OH is 5. The Hall–Kier alpha value is -0.270. The van der Waals surface area contributed by atoms with E-state index in [0.717, 1.165) is 0 Å². The van der Waals surface area contributed by atoms with Gasteiger partial charge in [-0.1, -0.05) is 0 Å². The number of rotatable bonds is 5. The minimum absolute atomic E-state index is 0.781. The Balaban J connectivity index is 3.99. The normalized spacial score (nSPS) is 21.5. The summed E-state index contributed by atoms with van der Waals surface area (Å²) >= 11 is 0. The van der Waals surface area contributed by atoms with Crippen LogP contribution in [-0.4, -0.2) is 63.2 Å². The van der Waals surface area contributed by atoms with Gasteiger partial charge in [0.05, 0.1) is 13.2 Å². The molecular formula is C6H13FO5. The summed E-state index contributed by atoms with van der Waals surface area (Å²) < 4.78 is 12.4. The molecule has 0 heterocycles. The van der Waals surface area contributed by atoms with Gasteiger partial charge in [0.15, 0.2) is 6.17 Å². The largest absolute Gasteiger partial charge is 0.394 e. The molecule has 0 aromatic rings. The second-order valence-electron chi connectivity index (χ2n) is 2.43. The van der Waals surface area contributed by atoms with Crippen molar-refractivity contribution >= 4 is 0 Å². The second-order valence-corrected chi connectivity index (χ2v) is 2.43. The molecule has 5 N–H and O–H groups in total. The number of alkyl halides is 1. The highest BCUT2D eigenvalue weighted by Gasteiger charge is 2.30. The van der Waals surface area contributed by atoms with E-state index >= 15 is 0 Å². The molecule has 0 rings (SSSR count). The van der Waals surface area contributed by atoms with Crippen LogP contribution in [0.3, 0.4) is 0 Å². The van der Waals surface area contributed by atoms with Crippen LogP contribution >= 0.6 is 0 Å². The molecule has 0 aromatic carbocycles. The van der Waals surface area contributed by atoms with Crippen molar-refractivity contribution < 1.29 is 29.9 Å². The zero-order chi connectivity index (χ0) is 9.72. The van der Waals surface area contributed by atoms with Crippen LogP contribution in [-0.2, 0) is 0 Å². The monoisotopic (exact) mass is 184 g/mol. The van der Waals surface area contributed by atoms with Crippen molar-refractivity contribution in [2.75, 3.05) is 13.2 Å². The molecule has 0 fully saturated rings. The molecule has 4 atom stereocenters. The molecule has 5 nitrogen and oxygen atoms in total. The van der Waals surface area contributed by atoms with Gasteiger partial charge in [0.1, 0.15) is 18.3 Å². The van der Waals surface area contributed by atoms with Crippen molar-refractivity contribution in [3.63, 3.8) is 0 Å². The number of halogens is 1. The van der Waals surface area contributed by atoms with Crippen LogP contribution in [0.1, 0.15) is 0 Å². The highest BCUT2D eigenvalue weighted by molar-refractivity contribution is 4.80. The maximum absolute atomic E-state index is 12.4. The van der Waals surface area contributed by atoms with Crippen molar-refractivity contribution in [1.29, 1.82) is 0 Å².